The molecule has 7 nitrogen and oxygen atoms in total. The molecule has 0 saturated carbocycles. The lowest BCUT2D eigenvalue weighted by atomic mass is 10.3. The number of nitrogens with zero attached hydrogens (tertiary/aromatic N) is 2. The van der Waals surface area contributed by atoms with Crippen molar-refractivity contribution in [3.8, 4) is 5.75 Å². The van der Waals surface area contributed by atoms with E-state index in [4.69, 9.17) is 10.5 Å². The van der Waals surface area contributed by atoms with Gasteiger partial charge in [-0.2, -0.15) is 5.10 Å². The zero-order chi connectivity index (χ0) is 14.7. The fourth-order valence-electron chi connectivity index (χ4n) is 1.78. The third kappa shape index (κ3) is 2.69. The van der Waals surface area contributed by atoms with Crippen molar-refractivity contribution < 1.29 is 9.53 Å². The fourth-order valence-corrected chi connectivity index (χ4v) is 2.81. The number of hydrogen-bond acceptors (Lipinski definition) is 6. The van der Waals surface area contributed by atoms with Crippen LogP contribution in [-0.4, -0.2) is 29.8 Å². The number of aromatic nitrogens is 2. The van der Waals surface area contributed by atoms with Gasteiger partial charge in [-0.3, -0.25) is 9.48 Å². The number of aryl methyl sites for hydroxylation is 1. The Hall–Kier alpha value is -2.22. The number of amides is 1. The van der Waals surface area contributed by atoms with Crippen molar-refractivity contribution in [1.29, 1.82) is 0 Å². The van der Waals surface area contributed by atoms with Crippen LogP contribution in [0.4, 0.5) is 10.7 Å². The lowest BCUT2D eigenvalue weighted by Crippen LogP contribution is -2.17. The maximum Gasteiger partial charge on any atom is 0.263 e. The minimum absolute atomic E-state index is 0.222. The first kappa shape index (κ1) is 14.2. The number of thiophene rings is 1. The second kappa shape index (κ2) is 5.83. The van der Waals surface area contributed by atoms with Crippen molar-refractivity contribution in [3.63, 3.8) is 0 Å². The third-order valence-electron chi connectivity index (χ3n) is 2.75. The second-order valence-corrected chi connectivity index (χ2v) is 5.18. The summed E-state index contributed by atoms with van der Waals surface area (Å²) in [7, 11) is 4.95. The Morgan fingerprint density at radius 1 is 1.60 bits per heavy atom. The van der Waals surface area contributed by atoms with E-state index in [9.17, 15) is 4.79 Å². The predicted molar refractivity (Wildman–Crippen MR) is 79.2 cm³/mol. The lowest BCUT2D eigenvalue weighted by Gasteiger charge is -2.05. The molecule has 0 bridgehead atoms. The molecule has 2 aromatic rings. The van der Waals surface area contributed by atoms with Gasteiger partial charge in [0.1, 0.15) is 15.6 Å². The number of nitrogens with two attached hydrogens (primary N) is 1. The summed E-state index contributed by atoms with van der Waals surface area (Å²) in [4.78, 5) is 12.2. The van der Waals surface area contributed by atoms with Crippen molar-refractivity contribution in [2.75, 3.05) is 25.2 Å². The van der Waals surface area contributed by atoms with Gasteiger partial charge >= 0.3 is 0 Å². The van der Waals surface area contributed by atoms with Crippen molar-refractivity contribution in [1.82, 2.24) is 15.1 Å². The summed E-state index contributed by atoms with van der Waals surface area (Å²) in [6.07, 6.45) is 3.69. The zero-order valence-corrected chi connectivity index (χ0v) is 12.4. The molecule has 0 aliphatic carbocycles. The topological polar surface area (TPSA) is 94.2 Å². The summed E-state index contributed by atoms with van der Waals surface area (Å²) in [5.41, 5.74) is 7.32. The molecule has 20 heavy (non-hydrogen) atoms. The average Bonchev–Trinajstić information content (AvgIpc) is 2.99. The Bertz CT molecular complexity index is 619. The van der Waals surface area contributed by atoms with Crippen molar-refractivity contribution in [2.24, 2.45) is 7.05 Å². The molecular formula is C12H17N5O2S. The second-order valence-electron chi connectivity index (χ2n) is 4.16. The Morgan fingerprint density at radius 2 is 2.35 bits per heavy atom. The van der Waals surface area contributed by atoms with E-state index in [0.717, 1.165) is 10.6 Å². The van der Waals surface area contributed by atoms with E-state index in [1.807, 2.05) is 13.2 Å². The Kier molecular flexibility index (Phi) is 4.14. The highest BCUT2D eigenvalue weighted by Crippen LogP contribution is 2.42. The highest BCUT2D eigenvalue weighted by atomic mass is 32.1. The van der Waals surface area contributed by atoms with Crippen LogP contribution in [0.15, 0.2) is 12.4 Å². The molecule has 0 fully saturated rings. The fraction of sp³-hybridized carbons (Fsp3) is 0.333. The Labute approximate surface area is 120 Å². The standard InChI is InChI=1S/C12H17N5O2S/c1-14-11(18)10-8(13)9(19-3)12(20-10)15-4-7-5-16-17(2)6-7/h5-6,15H,4,13H2,1-3H3,(H,14,18). The van der Waals surface area contributed by atoms with Gasteiger partial charge in [0.25, 0.3) is 5.91 Å². The molecule has 0 aromatic carbocycles. The summed E-state index contributed by atoms with van der Waals surface area (Å²) in [6, 6.07) is 0. The quantitative estimate of drug-likeness (QED) is 0.766. The largest absolute Gasteiger partial charge is 0.492 e. The van der Waals surface area contributed by atoms with Gasteiger partial charge in [-0.25, -0.2) is 0 Å². The van der Waals surface area contributed by atoms with Crippen LogP contribution in [0.1, 0.15) is 15.2 Å². The number of carbonyl (C=O) groups is 1. The Morgan fingerprint density at radius 3 is 2.90 bits per heavy atom. The summed E-state index contributed by atoms with van der Waals surface area (Å²) in [5, 5.41) is 10.6. The summed E-state index contributed by atoms with van der Waals surface area (Å²) in [6.45, 7) is 0.581. The van der Waals surface area contributed by atoms with Gasteiger partial charge < -0.3 is 21.1 Å². The monoisotopic (exact) mass is 295 g/mol. The minimum Gasteiger partial charge on any atom is -0.492 e. The molecule has 0 atom stereocenters. The zero-order valence-electron chi connectivity index (χ0n) is 11.6. The molecule has 0 spiro atoms. The van der Waals surface area contributed by atoms with Gasteiger partial charge in [0.05, 0.1) is 13.3 Å². The van der Waals surface area contributed by atoms with Crippen molar-refractivity contribution >= 4 is 27.9 Å². The average molecular weight is 295 g/mol. The maximum atomic E-state index is 11.7. The third-order valence-corrected chi connectivity index (χ3v) is 3.89. The van der Waals surface area contributed by atoms with Crippen LogP contribution in [0.25, 0.3) is 0 Å². The smallest absolute Gasteiger partial charge is 0.263 e. The van der Waals surface area contributed by atoms with E-state index in [1.54, 1.807) is 17.9 Å². The molecule has 0 radical (unpaired) electrons. The van der Waals surface area contributed by atoms with Crippen LogP contribution >= 0.6 is 11.3 Å². The molecule has 1 amide bonds. The van der Waals surface area contributed by atoms with E-state index in [2.05, 4.69) is 15.7 Å². The van der Waals surface area contributed by atoms with E-state index < -0.39 is 0 Å². The van der Waals surface area contributed by atoms with Gasteiger partial charge in [-0.05, 0) is 0 Å². The molecule has 108 valence electrons. The normalized spacial score (nSPS) is 10.3. The number of carbonyl (C=O) groups excluding carboxylic acids is 1. The van der Waals surface area contributed by atoms with E-state index in [-0.39, 0.29) is 5.91 Å². The minimum atomic E-state index is -0.222. The summed E-state index contributed by atoms with van der Waals surface area (Å²) < 4.78 is 7.00. The summed E-state index contributed by atoms with van der Waals surface area (Å²) >= 11 is 1.27. The van der Waals surface area contributed by atoms with Crippen LogP contribution in [-0.2, 0) is 13.6 Å². The first-order chi connectivity index (χ1) is 9.56. The predicted octanol–water partition coefficient (Wildman–Crippen LogP) is 1.04. The number of hydrogen-bond donors (Lipinski definition) is 3. The number of methoxy groups -OCH3 is 1. The summed E-state index contributed by atoms with van der Waals surface area (Å²) in [5.74, 6) is 0.276. The van der Waals surface area contributed by atoms with Crippen LogP contribution in [0.2, 0.25) is 0 Å². The maximum absolute atomic E-state index is 11.7. The van der Waals surface area contributed by atoms with Crippen molar-refractivity contribution in [2.45, 2.75) is 6.54 Å². The van der Waals surface area contributed by atoms with E-state index in [1.165, 1.54) is 18.4 Å². The van der Waals surface area contributed by atoms with Gasteiger partial charge in [-0.15, -0.1) is 11.3 Å². The van der Waals surface area contributed by atoms with Crippen LogP contribution < -0.4 is 21.1 Å². The van der Waals surface area contributed by atoms with Gasteiger partial charge in [0.2, 0.25) is 0 Å². The lowest BCUT2D eigenvalue weighted by molar-refractivity contribution is 0.0967. The Balaban J connectivity index is 2.20. The SMILES string of the molecule is CNC(=O)c1sc(NCc2cnn(C)c2)c(OC)c1N. The molecule has 2 heterocycles. The van der Waals surface area contributed by atoms with Gasteiger partial charge in [0, 0.05) is 32.4 Å². The van der Waals surface area contributed by atoms with Crippen LogP contribution in [0, 0.1) is 0 Å². The van der Waals surface area contributed by atoms with Crippen molar-refractivity contribution in [3.05, 3.63) is 22.8 Å². The molecule has 8 heteroatoms. The molecule has 0 aliphatic heterocycles. The first-order valence-electron chi connectivity index (χ1n) is 5.96. The number of anilines is 2. The molecule has 0 unspecified atom stereocenters. The van der Waals surface area contributed by atoms with Gasteiger partial charge in [0.15, 0.2) is 5.75 Å². The molecule has 2 rings (SSSR count). The molecule has 4 N–H and O–H groups in total. The number of nitrogens with one attached hydrogen (secondary N) is 2. The molecule has 2 aromatic heterocycles. The molecular weight excluding hydrogens is 278 g/mol. The number of nitrogen functional groups attached to an aromatic ring is 1. The number of ether oxygens (including phenoxy) is 1. The molecule has 0 saturated heterocycles. The van der Waals surface area contributed by atoms with Crippen LogP contribution in [0.3, 0.4) is 0 Å². The van der Waals surface area contributed by atoms with E-state index in [0.29, 0.717) is 22.9 Å². The first-order valence-corrected chi connectivity index (χ1v) is 6.78. The van der Waals surface area contributed by atoms with Gasteiger partial charge in [-0.1, -0.05) is 0 Å². The highest BCUT2D eigenvalue weighted by molar-refractivity contribution is 7.19. The molecule has 0 aliphatic rings. The highest BCUT2D eigenvalue weighted by Gasteiger charge is 2.21. The van der Waals surface area contributed by atoms with E-state index >= 15 is 0 Å². The number of rotatable bonds is 5. The van der Waals surface area contributed by atoms with Crippen LogP contribution in [0.5, 0.6) is 5.75 Å².